The highest BCUT2D eigenvalue weighted by atomic mass is 16.5. The van der Waals surface area contributed by atoms with Crippen molar-refractivity contribution in [2.24, 2.45) is 22.4 Å². The first kappa shape index (κ1) is 25.4. The molecule has 9 nitrogen and oxygen atoms in total. The SMILES string of the molecule is CC(C)C[C@H](CC(=O)O)NC(=O)CCc1ccc(OC(=O)c2ccc(N=C(N)N)cc2)cc1. The lowest BCUT2D eigenvalue weighted by Crippen LogP contribution is -2.37. The number of carboxylic acid groups (broad SMARTS) is 1. The summed E-state index contributed by atoms with van der Waals surface area (Å²) in [6, 6.07) is 12.8. The molecule has 0 saturated heterocycles. The molecule has 1 atom stereocenters. The first-order chi connectivity index (χ1) is 15.6. The van der Waals surface area contributed by atoms with E-state index in [0.29, 0.717) is 29.8 Å². The van der Waals surface area contributed by atoms with Crippen LogP contribution in [0.1, 0.15) is 49.0 Å². The molecule has 176 valence electrons. The largest absolute Gasteiger partial charge is 0.481 e. The Balaban J connectivity index is 1.86. The monoisotopic (exact) mass is 454 g/mol. The van der Waals surface area contributed by atoms with Gasteiger partial charge in [-0.05, 0) is 60.7 Å². The van der Waals surface area contributed by atoms with E-state index in [9.17, 15) is 14.4 Å². The molecule has 1 amide bonds. The topological polar surface area (TPSA) is 157 Å². The summed E-state index contributed by atoms with van der Waals surface area (Å²) < 4.78 is 5.37. The number of hydrogen-bond acceptors (Lipinski definition) is 5. The number of guanidine groups is 1. The van der Waals surface area contributed by atoms with E-state index in [-0.39, 0.29) is 36.7 Å². The number of hydrogen-bond donors (Lipinski definition) is 4. The molecule has 9 heteroatoms. The van der Waals surface area contributed by atoms with Gasteiger partial charge in [0, 0.05) is 12.5 Å². The van der Waals surface area contributed by atoms with Crippen LogP contribution in [0.4, 0.5) is 5.69 Å². The third-order valence-electron chi connectivity index (χ3n) is 4.68. The Morgan fingerprint density at radius 3 is 2.21 bits per heavy atom. The number of nitrogens with two attached hydrogens (primary N) is 2. The van der Waals surface area contributed by atoms with Gasteiger partial charge in [-0.15, -0.1) is 0 Å². The molecule has 2 rings (SSSR count). The second kappa shape index (κ2) is 12.2. The zero-order valence-electron chi connectivity index (χ0n) is 18.8. The van der Waals surface area contributed by atoms with E-state index < -0.39 is 11.9 Å². The maximum Gasteiger partial charge on any atom is 0.343 e. The maximum atomic E-state index is 12.3. The first-order valence-corrected chi connectivity index (χ1v) is 10.6. The number of aliphatic imine (C=N–C) groups is 1. The summed E-state index contributed by atoms with van der Waals surface area (Å²) in [4.78, 5) is 39.4. The fraction of sp³-hybridized carbons (Fsp3) is 0.333. The number of ether oxygens (including phenoxy) is 1. The van der Waals surface area contributed by atoms with Gasteiger partial charge in [-0.2, -0.15) is 0 Å². The lowest BCUT2D eigenvalue weighted by atomic mass is 10.0. The lowest BCUT2D eigenvalue weighted by Gasteiger charge is -2.19. The third kappa shape index (κ3) is 9.42. The molecule has 0 bridgehead atoms. The number of nitrogens with zero attached hydrogens (tertiary/aromatic N) is 1. The van der Waals surface area contributed by atoms with Gasteiger partial charge in [0.1, 0.15) is 5.75 Å². The van der Waals surface area contributed by atoms with Gasteiger partial charge in [0.25, 0.3) is 0 Å². The van der Waals surface area contributed by atoms with Crippen LogP contribution in [0.3, 0.4) is 0 Å². The van der Waals surface area contributed by atoms with Crippen LogP contribution in [-0.4, -0.2) is 35.0 Å². The molecule has 0 aromatic heterocycles. The molecule has 2 aromatic rings. The molecule has 0 fully saturated rings. The van der Waals surface area contributed by atoms with Crippen molar-refractivity contribution in [1.29, 1.82) is 0 Å². The second-order valence-corrected chi connectivity index (χ2v) is 8.11. The van der Waals surface area contributed by atoms with Crippen molar-refractivity contribution in [3.05, 3.63) is 59.7 Å². The molecule has 0 saturated carbocycles. The molecular weight excluding hydrogens is 424 g/mol. The summed E-state index contributed by atoms with van der Waals surface area (Å²) in [6.07, 6.45) is 1.22. The number of carboxylic acids is 1. The van der Waals surface area contributed by atoms with Gasteiger partial charge in [-0.3, -0.25) is 9.59 Å². The van der Waals surface area contributed by atoms with Crippen LogP contribution in [0, 0.1) is 5.92 Å². The van der Waals surface area contributed by atoms with Gasteiger partial charge < -0.3 is 26.6 Å². The molecule has 0 radical (unpaired) electrons. The minimum absolute atomic E-state index is 0.0708. The number of amides is 1. The van der Waals surface area contributed by atoms with Crippen LogP contribution in [-0.2, 0) is 16.0 Å². The van der Waals surface area contributed by atoms with Crippen molar-refractivity contribution >= 4 is 29.5 Å². The molecule has 0 aliphatic rings. The molecule has 0 heterocycles. The Morgan fingerprint density at radius 2 is 1.67 bits per heavy atom. The predicted molar refractivity (Wildman–Crippen MR) is 125 cm³/mol. The molecule has 0 aliphatic heterocycles. The van der Waals surface area contributed by atoms with Gasteiger partial charge in [0.15, 0.2) is 5.96 Å². The maximum absolute atomic E-state index is 12.3. The van der Waals surface area contributed by atoms with E-state index in [1.165, 1.54) is 0 Å². The number of benzene rings is 2. The number of rotatable bonds is 11. The van der Waals surface area contributed by atoms with Crippen molar-refractivity contribution in [1.82, 2.24) is 5.32 Å². The standard InChI is InChI=1S/C24H30N4O5/c1-15(2)13-19(14-22(30)31)27-21(29)12-5-16-3-10-20(11-4-16)33-23(32)17-6-8-18(9-7-17)28-24(25)26/h3-4,6-11,15,19H,5,12-14H2,1-2H3,(H,27,29)(H,30,31)(H4,25,26,28)/t19-/m1/s1. The molecule has 0 spiro atoms. The highest BCUT2D eigenvalue weighted by Crippen LogP contribution is 2.18. The lowest BCUT2D eigenvalue weighted by molar-refractivity contribution is -0.137. The van der Waals surface area contributed by atoms with Crippen LogP contribution in [0.25, 0.3) is 0 Å². The summed E-state index contributed by atoms with van der Waals surface area (Å²) in [5, 5.41) is 11.8. The Bertz CT molecular complexity index is 981. The summed E-state index contributed by atoms with van der Waals surface area (Å²) >= 11 is 0. The van der Waals surface area contributed by atoms with E-state index in [0.717, 1.165) is 5.56 Å². The second-order valence-electron chi connectivity index (χ2n) is 8.11. The zero-order chi connectivity index (χ0) is 24.4. The highest BCUT2D eigenvalue weighted by molar-refractivity contribution is 5.91. The number of aryl methyl sites for hydroxylation is 1. The Labute approximate surface area is 192 Å². The van der Waals surface area contributed by atoms with Crippen molar-refractivity contribution in [3.8, 4) is 5.75 Å². The van der Waals surface area contributed by atoms with Crippen molar-refractivity contribution in [3.63, 3.8) is 0 Å². The zero-order valence-corrected chi connectivity index (χ0v) is 18.8. The summed E-state index contributed by atoms with van der Waals surface area (Å²) in [5.41, 5.74) is 12.4. The minimum atomic E-state index is -0.934. The Kier molecular flexibility index (Phi) is 9.41. The minimum Gasteiger partial charge on any atom is -0.481 e. The van der Waals surface area contributed by atoms with E-state index in [1.807, 2.05) is 13.8 Å². The van der Waals surface area contributed by atoms with Gasteiger partial charge in [0.05, 0.1) is 17.7 Å². The van der Waals surface area contributed by atoms with Gasteiger partial charge in [-0.1, -0.05) is 26.0 Å². The Morgan fingerprint density at radius 1 is 1.03 bits per heavy atom. The third-order valence-corrected chi connectivity index (χ3v) is 4.68. The van der Waals surface area contributed by atoms with E-state index >= 15 is 0 Å². The summed E-state index contributed by atoms with van der Waals surface area (Å²) in [6.45, 7) is 3.97. The number of carbonyl (C=O) groups excluding carboxylic acids is 2. The summed E-state index contributed by atoms with van der Waals surface area (Å²) in [7, 11) is 0. The van der Waals surface area contributed by atoms with Crippen molar-refractivity contribution < 1.29 is 24.2 Å². The molecule has 0 unspecified atom stereocenters. The fourth-order valence-corrected chi connectivity index (χ4v) is 3.24. The Hall–Kier alpha value is -3.88. The molecule has 0 aliphatic carbocycles. The van der Waals surface area contributed by atoms with Crippen LogP contribution >= 0.6 is 0 Å². The van der Waals surface area contributed by atoms with Crippen molar-refractivity contribution in [2.45, 2.75) is 45.6 Å². The van der Waals surface area contributed by atoms with Crippen LogP contribution in [0.15, 0.2) is 53.5 Å². The molecule has 2 aromatic carbocycles. The smallest absolute Gasteiger partial charge is 0.343 e. The fourth-order valence-electron chi connectivity index (χ4n) is 3.24. The van der Waals surface area contributed by atoms with Crippen molar-refractivity contribution in [2.75, 3.05) is 0 Å². The number of carbonyl (C=O) groups is 3. The first-order valence-electron chi connectivity index (χ1n) is 10.6. The van der Waals surface area contributed by atoms with E-state index in [4.69, 9.17) is 21.3 Å². The van der Waals surface area contributed by atoms with Crippen LogP contribution < -0.4 is 21.5 Å². The van der Waals surface area contributed by atoms with E-state index in [2.05, 4.69) is 10.3 Å². The van der Waals surface area contributed by atoms with Crippen LogP contribution in [0.2, 0.25) is 0 Å². The number of nitrogens with one attached hydrogen (secondary N) is 1. The van der Waals surface area contributed by atoms with Gasteiger partial charge >= 0.3 is 11.9 Å². The quantitative estimate of drug-likeness (QED) is 0.176. The number of esters is 1. The van der Waals surface area contributed by atoms with Gasteiger partial charge in [-0.25, -0.2) is 9.79 Å². The summed E-state index contributed by atoms with van der Waals surface area (Å²) in [5.74, 6) is -1.06. The molecule has 33 heavy (non-hydrogen) atoms. The molecular formula is C24H30N4O5. The molecule has 6 N–H and O–H groups in total. The highest BCUT2D eigenvalue weighted by Gasteiger charge is 2.17. The predicted octanol–water partition coefficient (Wildman–Crippen LogP) is 2.75. The average Bonchev–Trinajstić information content (AvgIpc) is 2.72. The van der Waals surface area contributed by atoms with Gasteiger partial charge in [0.2, 0.25) is 5.91 Å². The van der Waals surface area contributed by atoms with E-state index in [1.54, 1.807) is 48.5 Å². The average molecular weight is 455 g/mol. The number of aliphatic carboxylic acids is 1. The normalized spacial score (nSPS) is 11.5. The van der Waals surface area contributed by atoms with Crippen LogP contribution in [0.5, 0.6) is 5.75 Å².